The zero-order chi connectivity index (χ0) is 17.8. The molecule has 2 aromatic carbocycles. The molecule has 0 radical (unpaired) electrons. The summed E-state index contributed by atoms with van der Waals surface area (Å²) in [6, 6.07) is 14.0. The lowest BCUT2D eigenvalue weighted by Gasteiger charge is -2.08. The molecule has 0 bridgehead atoms. The number of hydrogen-bond acceptors (Lipinski definition) is 4. The highest BCUT2D eigenvalue weighted by molar-refractivity contribution is 6.04. The molecule has 0 spiro atoms. The van der Waals surface area contributed by atoms with Gasteiger partial charge in [-0.05, 0) is 43.3 Å². The summed E-state index contributed by atoms with van der Waals surface area (Å²) >= 11 is 0. The molecule has 0 saturated heterocycles. The van der Waals surface area contributed by atoms with Gasteiger partial charge in [0.15, 0.2) is 0 Å². The predicted molar refractivity (Wildman–Crippen MR) is 92.9 cm³/mol. The van der Waals surface area contributed by atoms with Crippen LogP contribution in [0.5, 0.6) is 5.75 Å². The maximum absolute atomic E-state index is 12.6. The van der Waals surface area contributed by atoms with Gasteiger partial charge in [-0.15, -0.1) is 0 Å². The van der Waals surface area contributed by atoms with Crippen molar-refractivity contribution in [3.05, 3.63) is 54.4 Å². The van der Waals surface area contributed by atoms with Crippen molar-refractivity contribution in [2.75, 3.05) is 11.9 Å². The van der Waals surface area contributed by atoms with Crippen LogP contribution in [-0.4, -0.2) is 33.1 Å². The summed E-state index contributed by atoms with van der Waals surface area (Å²) < 4.78 is 6.75. The van der Waals surface area contributed by atoms with E-state index in [0.717, 1.165) is 0 Å². The molecule has 0 aliphatic heterocycles. The molecule has 1 aromatic heterocycles. The summed E-state index contributed by atoms with van der Waals surface area (Å²) in [5, 5.41) is 11.9. The minimum Gasteiger partial charge on any atom is -0.494 e. The number of carbonyl (C=O) groups is 2. The number of benzene rings is 2. The number of nitrogens with one attached hydrogen (secondary N) is 1. The largest absolute Gasteiger partial charge is 0.494 e. The van der Waals surface area contributed by atoms with E-state index in [1.807, 2.05) is 6.92 Å². The molecule has 3 rings (SSSR count). The topological polar surface area (TPSA) is 93.5 Å². The Labute approximate surface area is 143 Å². The predicted octanol–water partition coefficient (Wildman–Crippen LogP) is 2.77. The van der Waals surface area contributed by atoms with Crippen LogP contribution in [0.25, 0.3) is 11.0 Å². The number of carboxylic acid groups (broad SMARTS) is 1. The van der Waals surface area contributed by atoms with Crippen molar-refractivity contribution in [2.45, 2.75) is 13.5 Å². The average Bonchev–Trinajstić information content (AvgIpc) is 2.95. The van der Waals surface area contributed by atoms with Crippen molar-refractivity contribution < 1.29 is 19.4 Å². The first-order chi connectivity index (χ1) is 12.1. The number of aliphatic carboxylic acids is 1. The van der Waals surface area contributed by atoms with Gasteiger partial charge in [0, 0.05) is 5.69 Å². The SMILES string of the molecule is CCOc1ccc(NC(=O)c2nc3ccccc3n2CC(=O)O)cc1. The summed E-state index contributed by atoms with van der Waals surface area (Å²) in [7, 11) is 0. The van der Waals surface area contributed by atoms with Gasteiger partial charge < -0.3 is 19.7 Å². The second-order valence-electron chi connectivity index (χ2n) is 5.32. The number of aromatic nitrogens is 2. The lowest BCUT2D eigenvalue weighted by Crippen LogP contribution is -2.20. The Bertz CT molecular complexity index is 916. The van der Waals surface area contributed by atoms with Crippen molar-refractivity contribution in [3.63, 3.8) is 0 Å². The Balaban J connectivity index is 1.89. The number of amides is 1. The maximum atomic E-state index is 12.6. The van der Waals surface area contributed by atoms with Gasteiger partial charge in [-0.3, -0.25) is 9.59 Å². The van der Waals surface area contributed by atoms with Gasteiger partial charge in [0.25, 0.3) is 5.91 Å². The number of rotatable bonds is 6. The molecule has 1 amide bonds. The maximum Gasteiger partial charge on any atom is 0.323 e. The highest BCUT2D eigenvalue weighted by atomic mass is 16.5. The zero-order valence-corrected chi connectivity index (χ0v) is 13.6. The summed E-state index contributed by atoms with van der Waals surface area (Å²) in [5.74, 6) is -0.754. The minimum atomic E-state index is -1.04. The summed E-state index contributed by atoms with van der Waals surface area (Å²) in [6.45, 7) is 2.11. The van der Waals surface area contributed by atoms with E-state index in [4.69, 9.17) is 9.84 Å². The highest BCUT2D eigenvalue weighted by Gasteiger charge is 2.19. The van der Waals surface area contributed by atoms with E-state index in [9.17, 15) is 9.59 Å². The Hall–Kier alpha value is -3.35. The Kier molecular flexibility index (Phi) is 4.65. The second-order valence-corrected chi connectivity index (χ2v) is 5.32. The number of anilines is 1. The van der Waals surface area contributed by atoms with Crippen molar-refractivity contribution in [2.24, 2.45) is 0 Å². The van der Waals surface area contributed by atoms with Gasteiger partial charge >= 0.3 is 5.97 Å². The molecule has 3 aromatic rings. The van der Waals surface area contributed by atoms with E-state index in [0.29, 0.717) is 29.1 Å². The molecule has 7 nitrogen and oxygen atoms in total. The van der Waals surface area contributed by atoms with Gasteiger partial charge in [-0.2, -0.15) is 0 Å². The van der Waals surface area contributed by atoms with E-state index in [2.05, 4.69) is 10.3 Å². The van der Waals surface area contributed by atoms with Gasteiger partial charge in [-0.1, -0.05) is 12.1 Å². The Morgan fingerprint density at radius 3 is 2.56 bits per heavy atom. The van der Waals surface area contributed by atoms with Crippen LogP contribution in [0.2, 0.25) is 0 Å². The number of ether oxygens (including phenoxy) is 1. The Morgan fingerprint density at radius 1 is 1.16 bits per heavy atom. The van der Waals surface area contributed by atoms with E-state index in [1.54, 1.807) is 48.5 Å². The van der Waals surface area contributed by atoms with Crippen LogP contribution in [0.3, 0.4) is 0 Å². The fourth-order valence-electron chi connectivity index (χ4n) is 2.53. The third-order valence-corrected chi connectivity index (χ3v) is 3.57. The number of carbonyl (C=O) groups excluding carboxylic acids is 1. The third kappa shape index (κ3) is 3.60. The van der Waals surface area contributed by atoms with Crippen molar-refractivity contribution in [3.8, 4) is 5.75 Å². The standard InChI is InChI=1S/C18H17N3O4/c1-2-25-13-9-7-12(8-10-13)19-18(24)17-20-14-5-3-4-6-15(14)21(17)11-16(22)23/h3-10H,2,11H2,1H3,(H,19,24)(H,22,23). The summed E-state index contributed by atoms with van der Waals surface area (Å²) in [5.41, 5.74) is 1.74. The van der Waals surface area contributed by atoms with Crippen LogP contribution in [-0.2, 0) is 11.3 Å². The number of imidazole rings is 1. The van der Waals surface area contributed by atoms with Crippen LogP contribution in [0, 0.1) is 0 Å². The van der Waals surface area contributed by atoms with Gasteiger partial charge in [0.05, 0.1) is 17.6 Å². The van der Waals surface area contributed by atoms with Gasteiger partial charge in [0.1, 0.15) is 12.3 Å². The molecular weight excluding hydrogens is 322 g/mol. The molecule has 0 fully saturated rings. The number of nitrogens with zero attached hydrogens (tertiary/aromatic N) is 2. The third-order valence-electron chi connectivity index (χ3n) is 3.57. The molecule has 128 valence electrons. The molecular formula is C18H17N3O4. The zero-order valence-electron chi connectivity index (χ0n) is 13.6. The number of fused-ring (bicyclic) bond motifs is 1. The summed E-state index contributed by atoms with van der Waals surface area (Å²) in [4.78, 5) is 28.0. The van der Waals surface area contributed by atoms with Gasteiger partial charge in [0.2, 0.25) is 5.82 Å². The highest BCUT2D eigenvalue weighted by Crippen LogP contribution is 2.19. The van der Waals surface area contributed by atoms with E-state index in [1.165, 1.54) is 4.57 Å². The monoisotopic (exact) mass is 339 g/mol. The van der Waals surface area contributed by atoms with E-state index in [-0.39, 0.29) is 12.4 Å². The molecule has 1 heterocycles. The number of carboxylic acids is 1. The van der Waals surface area contributed by atoms with E-state index >= 15 is 0 Å². The summed E-state index contributed by atoms with van der Waals surface area (Å²) in [6.07, 6.45) is 0. The minimum absolute atomic E-state index is 0.0532. The molecule has 0 aliphatic carbocycles. The molecule has 0 unspecified atom stereocenters. The molecule has 0 aliphatic rings. The normalized spacial score (nSPS) is 10.6. The lowest BCUT2D eigenvalue weighted by molar-refractivity contribution is -0.137. The van der Waals surface area contributed by atoms with Gasteiger partial charge in [-0.25, -0.2) is 4.98 Å². The van der Waals surface area contributed by atoms with Crippen LogP contribution in [0.1, 0.15) is 17.5 Å². The Morgan fingerprint density at radius 2 is 1.88 bits per heavy atom. The second kappa shape index (κ2) is 7.04. The van der Waals surface area contributed by atoms with Crippen molar-refractivity contribution in [1.82, 2.24) is 9.55 Å². The van der Waals surface area contributed by atoms with Crippen molar-refractivity contribution >= 4 is 28.6 Å². The smallest absolute Gasteiger partial charge is 0.323 e. The average molecular weight is 339 g/mol. The number of hydrogen-bond donors (Lipinski definition) is 2. The quantitative estimate of drug-likeness (QED) is 0.720. The van der Waals surface area contributed by atoms with Crippen LogP contribution >= 0.6 is 0 Å². The number of para-hydroxylation sites is 2. The fraction of sp³-hybridized carbons (Fsp3) is 0.167. The fourth-order valence-corrected chi connectivity index (χ4v) is 2.53. The van der Waals surface area contributed by atoms with Crippen LogP contribution < -0.4 is 10.1 Å². The van der Waals surface area contributed by atoms with E-state index < -0.39 is 11.9 Å². The molecule has 0 atom stereocenters. The molecule has 25 heavy (non-hydrogen) atoms. The molecule has 0 saturated carbocycles. The lowest BCUT2D eigenvalue weighted by atomic mass is 10.3. The first kappa shape index (κ1) is 16.5. The molecule has 2 N–H and O–H groups in total. The first-order valence-corrected chi connectivity index (χ1v) is 7.79. The first-order valence-electron chi connectivity index (χ1n) is 7.79. The molecule has 7 heteroatoms. The van der Waals surface area contributed by atoms with Crippen LogP contribution in [0.4, 0.5) is 5.69 Å². The van der Waals surface area contributed by atoms with Crippen LogP contribution in [0.15, 0.2) is 48.5 Å². The van der Waals surface area contributed by atoms with Crippen molar-refractivity contribution in [1.29, 1.82) is 0 Å².